The van der Waals surface area contributed by atoms with Crippen molar-refractivity contribution in [3.8, 4) is 34.0 Å². The summed E-state index contributed by atoms with van der Waals surface area (Å²) in [5.74, 6) is 1.40. The van der Waals surface area contributed by atoms with E-state index in [4.69, 9.17) is 9.51 Å². The molecule has 170 valence electrons. The zero-order chi connectivity index (χ0) is 23.2. The maximum absolute atomic E-state index is 10.9. The Balaban J connectivity index is 1.24. The number of fused-ring (bicyclic) bond motifs is 1. The molecule has 1 fully saturated rings. The van der Waals surface area contributed by atoms with Gasteiger partial charge >= 0.3 is 0 Å². The van der Waals surface area contributed by atoms with E-state index in [1.165, 1.54) is 33.4 Å². The normalized spacial score (nSPS) is 19.6. The Hall–Kier alpha value is -3.57. The lowest BCUT2D eigenvalue weighted by Gasteiger charge is -2.38. The molecule has 0 unspecified atom stereocenters. The molecule has 6 rings (SSSR count). The molecule has 5 nitrogen and oxygen atoms in total. The van der Waals surface area contributed by atoms with Crippen molar-refractivity contribution in [1.82, 2.24) is 15.0 Å². The van der Waals surface area contributed by atoms with Gasteiger partial charge in [0, 0.05) is 36.2 Å². The number of rotatable bonds is 5. The second-order valence-corrected chi connectivity index (χ2v) is 9.68. The summed E-state index contributed by atoms with van der Waals surface area (Å²) in [5.41, 5.74) is 9.42. The number of hydrogen-bond donors (Lipinski definition) is 0. The van der Waals surface area contributed by atoms with Crippen LogP contribution in [0.4, 0.5) is 0 Å². The number of aryl methyl sites for hydroxylation is 2. The van der Waals surface area contributed by atoms with Crippen LogP contribution in [0.25, 0.3) is 34.0 Å². The van der Waals surface area contributed by atoms with E-state index in [0.29, 0.717) is 17.8 Å². The maximum atomic E-state index is 10.9. The number of benzene rings is 3. The largest absolute Gasteiger partial charge is 0.334 e. The van der Waals surface area contributed by atoms with Gasteiger partial charge in [-0.25, -0.2) is 0 Å². The minimum absolute atomic E-state index is 0.246. The number of carbonyl (C=O) groups excluding carboxylic acids is 1. The van der Waals surface area contributed by atoms with Crippen LogP contribution in [-0.4, -0.2) is 27.4 Å². The van der Waals surface area contributed by atoms with Crippen LogP contribution in [0.3, 0.4) is 0 Å². The van der Waals surface area contributed by atoms with Crippen molar-refractivity contribution in [3.63, 3.8) is 0 Å². The highest BCUT2D eigenvalue weighted by atomic mass is 16.5. The molecule has 2 heterocycles. The molecule has 0 amide bonds. The van der Waals surface area contributed by atoms with Gasteiger partial charge < -0.3 is 9.32 Å². The number of hydrogen-bond acceptors (Lipinski definition) is 5. The molecule has 34 heavy (non-hydrogen) atoms. The monoisotopic (exact) mass is 449 g/mol. The van der Waals surface area contributed by atoms with Gasteiger partial charge in [-0.1, -0.05) is 47.6 Å². The van der Waals surface area contributed by atoms with E-state index < -0.39 is 0 Å². The molecule has 0 bridgehead atoms. The van der Waals surface area contributed by atoms with Gasteiger partial charge in [-0.2, -0.15) is 4.98 Å². The van der Waals surface area contributed by atoms with Gasteiger partial charge in [0.15, 0.2) is 0 Å². The highest BCUT2D eigenvalue weighted by Gasteiger charge is 2.36. The van der Waals surface area contributed by atoms with E-state index in [1.807, 2.05) is 6.07 Å². The topological polar surface area (TPSA) is 59.2 Å². The van der Waals surface area contributed by atoms with Gasteiger partial charge in [-0.3, -0.25) is 4.90 Å². The van der Waals surface area contributed by atoms with Gasteiger partial charge in [-0.05, 0) is 78.3 Å². The van der Waals surface area contributed by atoms with E-state index in [1.54, 1.807) is 0 Å². The Morgan fingerprint density at radius 3 is 2.35 bits per heavy atom. The lowest BCUT2D eigenvalue weighted by molar-refractivity contribution is -0.115. The standard InChI is InChI=1S/C29H27N3O2/c1-18-10-24(11-19(2)27(18)21-6-4-3-5-7-21)29-30-28(31-34-29)22-8-9-23-15-32(16-25(23)14-22)26-12-20(13-26)17-33/h3-11,14,17,20,26H,12-13,15-16H2,1-2H3. The molecule has 4 aromatic rings. The van der Waals surface area contributed by atoms with Crippen molar-refractivity contribution in [3.05, 3.63) is 82.9 Å². The molecule has 1 aromatic heterocycles. The van der Waals surface area contributed by atoms with Crippen LogP contribution < -0.4 is 0 Å². The maximum Gasteiger partial charge on any atom is 0.258 e. The summed E-state index contributed by atoms with van der Waals surface area (Å²) in [4.78, 5) is 18.2. The van der Waals surface area contributed by atoms with Gasteiger partial charge in [0.1, 0.15) is 6.29 Å². The van der Waals surface area contributed by atoms with Gasteiger partial charge in [0.05, 0.1) is 0 Å². The SMILES string of the molecule is Cc1cc(-c2nc(-c3ccc4c(c3)CN(C3CC(C=O)C3)C4)no2)cc(C)c1-c1ccccc1. The summed E-state index contributed by atoms with van der Waals surface area (Å²) < 4.78 is 5.69. The second kappa shape index (κ2) is 8.33. The summed E-state index contributed by atoms with van der Waals surface area (Å²) in [6.07, 6.45) is 3.07. The summed E-state index contributed by atoms with van der Waals surface area (Å²) >= 11 is 0. The van der Waals surface area contributed by atoms with Crippen LogP contribution in [0.2, 0.25) is 0 Å². The van der Waals surface area contributed by atoms with E-state index >= 15 is 0 Å². The van der Waals surface area contributed by atoms with Crippen LogP contribution in [0.1, 0.15) is 35.1 Å². The highest BCUT2D eigenvalue weighted by Crippen LogP contribution is 2.37. The van der Waals surface area contributed by atoms with Crippen molar-refractivity contribution < 1.29 is 9.32 Å². The molecule has 0 radical (unpaired) electrons. The Bertz CT molecular complexity index is 1350. The van der Waals surface area contributed by atoms with Crippen LogP contribution in [0.15, 0.2) is 65.2 Å². The predicted octanol–water partition coefficient (Wildman–Crippen LogP) is 5.98. The molecular weight excluding hydrogens is 422 g/mol. The number of carbonyl (C=O) groups is 1. The summed E-state index contributed by atoms with van der Waals surface area (Å²) in [5, 5.41) is 4.29. The third-order valence-corrected chi connectivity index (χ3v) is 7.34. The molecule has 1 aliphatic heterocycles. The number of nitrogens with zero attached hydrogens (tertiary/aromatic N) is 3. The molecule has 0 N–H and O–H groups in total. The highest BCUT2D eigenvalue weighted by molar-refractivity contribution is 5.75. The molecular formula is C29H27N3O2. The average molecular weight is 450 g/mol. The lowest BCUT2D eigenvalue weighted by Crippen LogP contribution is -2.42. The van der Waals surface area contributed by atoms with Gasteiger partial charge in [0.2, 0.25) is 5.82 Å². The first-order valence-electron chi connectivity index (χ1n) is 11.9. The van der Waals surface area contributed by atoms with Crippen LogP contribution in [0.5, 0.6) is 0 Å². The van der Waals surface area contributed by atoms with Crippen LogP contribution in [0, 0.1) is 19.8 Å². The van der Waals surface area contributed by atoms with Crippen molar-refractivity contribution in [2.75, 3.05) is 0 Å². The molecule has 3 aromatic carbocycles. The van der Waals surface area contributed by atoms with E-state index in [2.05, 4.69) is 78.5 Å². The third kappa shape index (κ3) is 3.66. The quantitative estimate of drug-likeness (QED) is 0.351. The van der Waals surface area contributed by atoms with Crippen molar-refractivity contribution >= 4 is 6.29 Å². The first-order chi connectivity index (χ1) is 16.6. The summed E-state index contributed by atoms with van der Waals surface area (Å²) in [7, 11) is 0. The molecule has 1 saturated carbocycles. The van der Waals surface area contributed by atoms with Gasteiger partial charge in [0.25, 0.3) is 5.89 Å². The Morgan fingerprint density at radius 2 is 1.62 bits per heavy atom. The molecule has 0 saturated heterocycles. The molecule has 2 aliphatic rings. The smallest absolute Gasteiger partial charge is 0.258 e. The van der Waals surface area contributed by atoms with Crippen molar-refractivity contribution in [2.45, 2.75) is 45.8 Å². The summed E-state index contributed by atoms with van der Waals surface area (Å²) in [6, 6.07) is 21.7. The fraction of sp³-hybridized carbons (Fsp3) is 0.276. The lowest BCUT2D eigenvalue weighted by atomic mass is 9.80. The predicted molar refractivity (Wildman–Crippen MR) is 132 cm³/mol. The molecule has 0 spiro atoms. The average Bonchev–Trinajstić information content (AvgIpc) is 3.45. The Kier molecular flexibility index (Phi) is 5.15. The van der Waals surface area contributed by atoms with Crippen molar-refractivity contribution in [1.29, 1.82) is 0 Å². The second-order valence-electron chi connectivity index (χ2n) is 9.68. The van der Waals surface area contributed by atoms with E-state index in [9.17, 15) is 4.79 Å². The fourth-order valence-corrected chi connectivity index (χ4v) is 5.46. The van der Waals surface area contributed by atoms with E-state index in [0.717, 1.165) is 43.3 Å². The molecule has 0 atom stereocenters. The fourth-order valence-electron chi connectivity index (χ4n) is 5.46. The molecule has 5 heteroatoms. The minimum atomic E-state index is 0.246. The van der Waals surface area contributed by atoms with E-state index in [-0.39, 0.29) is 5.92 Å². The van der Waals surface area contributed by atoms with Gasteiger partial charge in [-0.15, -0.1) is 0 Å². The zero-order valence-corrected chi connectivity index (χ0v) is 19.5. The Morgan fingerprint density at radius 1 is 0.882 bits per heavy atom. The Labute approximate surface area is 199 Å². The van der Waals surface area contributed by atoms with Crippen molar-refractivity contribution in [2.24, 2.45) is 5.92 Å². The third-order valence-electron chi connectivity index (χ3n) is 7.34. The van der Waals surface area contributed by atoms with Crippen LogP contribution in [-0.2, 0) is 17.9 Å². The zero-order valence-electron chi connectivity index (χ0n) is 19.5. The summed E-state index contributed by atoms with van der Waals surface area (Å²) in [6.45, 7) is 6.13. The first kappa shape index (κ1) is 21.0. The first-order valence-corrected chi connectivity index (χ1v) is 11.9. The minimum Gasteiger partial charge on any atom is -0.334 e. The number of aromatic nitrogens is 2. The molecule has 1 aliphatic carbocycles. The number of aldehydes is 1. The van der Waals surface area contributed by atoms with Crippen LogP contribution >= 0.6 is 0 Å².